The Morgan fingerprint density at radius 2 is 1.86 bits per heavy atom. The molecule has 2 N–H and O–H groups in total. The highest BCUT2D eigenvalue weighted by Crippen LogP contribution is 2.47. The highest BCUT2D eigenvalue weighted by molar-refractivity contribution is 7.92. The lowest BCUT2D eigenvalue weighted by molar-refractivity contribution is -0.0759. The number of nitriles is 1. The van der Waals surface area contributed by atoms with Crippen LogP contribution in [0.3, 0.4) is 0 Å². The highest BCUT2D eigenvalue weighted by Gasteiger charge is 2.45. The summed E-state index contributed by atoms with van der Waals surface area (Å²) in [7, 11) is -3.78. The van der Waals surface area contributed by atoms with Crippen LogP contribution in [0.2, 0.25) is 0 Å². The molecule has 2 aromatic heterocycles. The van der Waals surface area contributed by atoms with Gasteiger partial charge in [-0.2, -0.15) is 5.26 Å². The number of rotatable bonds is 7. The molecule has 2 heterocycles. The summed E-state index contributed by atoms with van der Waals surface area (Å²) in [6.07, 6.45) is 3.21. The smallest absolute Gasteiger partial charge is 0.343 e. The van der Waals surface area contributed by atoms with E-state index >= 15 is 0 Å². The molecule has 0 saturated heterocycles. The molecule has 4 atom stereocenters. The number of carbonyl (C=O) groups excluding carboxylic acids is 1. The van der Waals surface area contributed by atoms with Crippen molar-refractivity contribution in [3.05, 3.63) is 71.9 Å². The van der Waals surface area contributed by atoms with Gasteiger partial charge in [0.2, 0.25) is 0 Å². The molecule has 0 bridgehead atoms. The first-order valence-corrected chi connectivity index (χ1v) is 16.2. The predicted octanol–water partition coefficient (Wildman–Crippen LogP) is 6.89. The van der Waals surface area contributed by atoms with E-state index in [1.54, 1.807) is 42.5 Å². The lowest BCUT2D eigenvalue weighted by atomic mass is 9.62. The number of hydrogen-bond acceptors (Lipinski definition) is 6. The van der Waals surface area contributed by atoms with Gasteiger partial charge in [-0.25, -0.2) is 22.7 Å². The van der Waals surface area contributed by atoms with Gasteiger partial charge in [0.25, 0.3) is 10.0 Å². The number of nitrogens with zero attached hydrogens (tertiary/aromatic N) is 3. The van der Waals surface area contributed by atoms with E-state index in [4.69, 9.17) is 4.74 Å². The van der Waals surface area contributed by atoms with E-state index in [9.17, 15) is 18.5 Å². The van der Waals surface area contributed by atoms with E-state index in [0.717, 1.165) is 12.8 Å². The van der Waals surface area contributed by atoms with Crippen LogP contribution in [0, 0.1) is 40.4 Å². The number of esters is 1. The SMILES string of the molecule is CC1CC(C(C)C)C(OC(=O)c2c(C#N)cn3[nH]c(-c4cccc(NS(=O)(=O)c5ccccc5)c4)nc23)C(C(C)(C)C)C1. The van der Waals surface area contributed by atoms with Crippen LogP contribution in [0.15, 0.2) is 65.7 Å². The Kier molecular flexibility index (Phi) is 8.14. The van der Waals surface area contributed by atoms with Gasteiger partial charge < -0.3 is 4.74 Å². The molecule has 1 aliphatic rings. The summed E-state index contributed by atoms with van der Waals surface area (Å²) >= 11 is 0. The number of anilines is 1. The van der Waals surface area contributed by atoms with Crippen molar-refractivity contribution in [2.75, 3.05) is 4.72 Å². The molecule has 5 rings (SSSR count). The average Bonchev–Trinajstić information content (AvgIpc) is 3.51. The Labute approximate surface area is 253 Å². The number of H-pyrrole nitrogens is 1. The number of ether oxygens (including phenoxy) is 1. The van der Waals surface area contributed by atoms with Gasteiger partial charge in [0.05, 0.1) is 10.5 Å². The van der Waals surface area contributed by atoms with Crippen LogP contribution in [0.5, 0.6) is 0 Å². The predicted molar refractivity (Wildman–Crippen MR) is 166 cm³/mol. The second-order valence-electron chi connectivity index (χ2n) is 13.1. The van der Waals surface area contributed by atoms with E-state index in [1.807, 2.05) is 0 Å². The Morgan fingerprint density at radius 3 is 2.51 bits per heavy atom. The number of aromatic nitrogens is 3. The van der Waals surface area contributed by atoms with E-state index in [0.29, 0.717) is 28.9 Å². The van der Waals surface area contributed by atoms with E-state index in [-0.39, 0.29) is 45.0 Å². The van der Waals surface area contributed by atoms with Crippen molar-refractivity contribution in [2.24, 2.45) is 29.1 Å². The molecule has 1 fully saturated rings. The molecular formula is C33H39N5O4S. The number of sulfonamides is 1. The molecule has 43 heavy (non-hydrogen) atoms. The average molecular weight is 602 g/mol. The van der Waals surface area contributed by atoms with Crippen LogP contribution in [-0.4, -0.2) is 35.1 Å². The van der Waals surface area contributed by atoms with Crippen molar-refractivity contribution >= 4 is 27.3 Å². The third-order valence-corrected chi connectivity index (χ3v) is 9.95. The summed E-state index contributed by atoms with van der Waals surface area (Å²) in [5.74, 6) is 1.10. The minimum atomic E-state index is -3.78. The zero-order valence-corrected chi connectivity index (χ0v) is 26.3. The van der Waals surface area contributed by atoms with Gasteiger partial charge in [-0.1, -0.05) is 71.9 Å². The van der Waals surface area contributed by atoms with E-state index < -0.39 is 16.0 Å². The lowest BCUT2D eigenvalue weighted by Gasteiger charge is -2.47. The normalized spacial score (nSPS) is 21.1. The fourth-order valence-corrected chi connectivity index (χ4v) is 7.38. The fraction of sp³-hybridized carbons (Fsp3) is 0.424. The zero-order valence-electron chi connectivity index (χ0n) is 25.5. The second-order valence-corrected chi connectivity index (χ2v) is 14.8. The fourth-order valence-electron chi connectivity index (χ4n) is 6.31. The standard InChI is InChI=1S/C33H39N5O4S/c1-20(2)26-15-21(3)16-27(33(4,5)6)29(26)42-32(39)28-23(18-34)19-38-31(28)35-30(36-38)22-11-10-12-24(17-22)37-43(40,41)25-13-8-7-9-14-25/h7-14,17,19-21,26-27,29,37H,15-16H2,1-6H3,(H,35,36). The summed E-state index contributed by atoms with van der Waals surface area (Å²) in [5.41, 5.74) is 1.48. The van der Waals surface area contributed by atoms with Crippen molar-refractivity contribution < 1.29 is 17.9 Å². The summed E-state index contributed by atoms with van der Waals surface area (Å²) in [6.45, 7) is 13.2. The van der Waals surface area contributed by atoms with Gasteiger partial charge in [-0.3, -0.25) is 9.82 Å². The molecule has 2 aromatic carbocycles. The van der Waals surface area contributed by atoms with Gasteiger partial charge in [0.1, 0.15) is 17.7 Å². The topological polar surface area (TPSA) is 129 Å². The monoisotopic (exact) mass is 601 g/mol. The maximum Gasteiger partial charge on any atom is 0.343 e. The number of aromatic amines is 1. The van der Waals surface area contributed by atoms with Crippen LogP contribution in [-0.2, 0) is 14.8 Å². The Hall–Kier alpha value is -4.10. The Balaban J connectivity index is 1.47. The molecule has 9 nitrogen and oxygen atoms in total. The van der Waals surface area contributed by atoms with E-state index in [1.165, 1.54) is 22.8 Å². The molecule has 0 amide bonds. The maximum absolute atomic E-state index is 13.9. The molecule has 10 heteroatoms. The van der Waals surface area contributed by atoms with Crippen molar-refractivity contribution in [1.29, 1.82) is 5.26 Å². The van der Waals surface area contributed by atoms with Crippen molar-refractivity contribution in [3.8, 4) is 17.5 Å². The number of hydrogen-bond donors (Lipinski definition) is 2. The summed E-state index contributed by atoms with van der Waals surface area (Å²) < 4.78 is 36.2. The second kappa shape index (κ2) is 11.5. The molecule has 0 radical (unpaired) electrons. The van der Waals surface area contributed by atoms with Gasteiger partial charge in [-0.05, 0) is 60.3 Å². The minimum absolute atomic E-state index is 0.0620. The quantitative estimate of drug-likeness (QED) is 0.222. The molecule has 0 spiro atoms. The first-order valence-electron chi connectivity index (χ1n) is 14.7. The molecular weight excluding hydrogens is 562 g/mol. The van der Waals surface area contributed by atoms with Crippen molar-refractivity contribution in [2.45, 2.75) is 65.4 Å². The van der Waals surface area contributed by atoms with Crippen molar-refractivity contribution in [3.63, 3.8) is 0 Å². The summed E-state index contributed by atoms with van der Waals surface area (Å²) in [4.78, 5) is 18.7. The van der Waals surface area contributed by atoms with E-state index in [2.05, 4.69) is 62.4 Å². The molecule has 4 aromatic rings. The molecule has 226 valence electrons. The number of nitrogens with one attached hydrogen (secondary N) is 2. The Bertz CT molecular complexity index is 1780. The van der Waals surface area contributed by atoms with Gasteiger partial charge >= 0.3 is 5.97 Å². The van der Waals surface area contributed by atoms with Crippen LogP contribution < -0.4 is 4.72 Å². The third-order valence-electron chi connectivity index (χ3n) is 8.55. The lowest BCUT2D eigenvalue weighted by Crippen LogP contribution is -2.47. The van der Waals surface area contributed by atoms with Gasteiger partial charge in [0, 0.05) is 23.4 Å². The van der Waals surface area contributed by atoms with Gasteiger partial charge in [-0.15, -0.1) is 0 Å². The molecule has 4 unspecified atom stereocenters. The first kappa shape index (κ1) is 30.4. The van der Waals surface area contributed by atoms with Crippen LogP contribution in [0.1, 0.15) is 70.3 Å². The minimum Gasteiger partial charge on any atom is -0.458 e. The zero-order chi connectivity index (χ0) is 31.1. The number of fused-ring (bicyclic) bond motifs is 1. The number of benzene rings is 2. The Morgan fingerprint density at radius 1 is 1.14 bits per heavy atom. The van der Waals surface area contributed by atoms with Crippen LogP contribution in [0.25, 0.3) is 17.0 Å². The number of carbonyl (C=O) groups is 1. The van der Waals surface area contributed by atoms with Crippen LogP contribution >= 0.6 is 0 Å². The molecule has 1 aliphatic carbocycles. The largest absolute Gasteiger partial charge is 0.458 e. The molecule has 1 saturated carbocycles. The molecule has 0 aliphatic heterocycles. The van der Waals surface area contributed by atoms with Crippen LogP contribution in [0.4, 0.5) is 5.69 Å². The summed E-state index contributed by atoms with van der Waals surface area (Å²) in [6, 6.07) is 17.1. The summed E-state index contributed by atoms with van der Waals surface area (Å²) in [5, 5.41) is 13.0. The van der Waals surface area contributed by atoms with Gasteiger partial charge in [0.15, 0.2) is 11.5 Å². The third kappa shape index (κ3) is 6.18. The highest BCUT2D eigenvalue weighted by atomic mass is 32.2. The first-order chi connectivity index (χ1) is 20.3. The van der Waals surface area contributed by atoms with Crippen molar-refractivity contribution in [1.82, 2.24) is 14.6 Å². The maximum atomic E-state index is 13.9.